The quantitative estimate of drug-likeness (QED) is 0.782. The number of amides is 4. The fraction of sp³-hybridized carbons (Fsp3) is 0.429. The van der Waals surface area contributed by atoms with Gasteiger partial charge in [-0.25, -0.2) is 4.79 Å². The van der Waals surface area contributed by atoms with Gasteiger partial charge in [0.2, 0.25) is 5.91 Å². The van der Waals surface area contributed by atoms with Gasteiger partial charge >= 0.3 is 6.03 Å². The Morgan fingerprint density at radius 1 is 1.14 bits per heavy atom. The highest BCUT2D eigenvalue weighted by molar-refractivity contribution is 6.06. The minimum absolute atomic E-state index is 0.0702. The summed E-state index contributed by atoms with van der Waals surface area (Å²) in [5, 5.41) is 6.65. The predicted molar refractivity (Wildman–Crippen MR) is 106 cm³/mol. The molecule has 152 valence electrons. The maximum Gasteiger partial charge on any atom is 0.327 e. The summed E-state index contributed by atoms with van der Waals surface area (Å²) < 4.78 is 0. The molecule has 0 aliphatic carbocycles. The number of piperidine rings is 1. The first-order valence-electron chi connectivity index (χ1n) is 9.90. The van der Waals surface area contributed by atoms with Gasteiger partial charge in [0.25, 0.3) is 5.91 Å². The Labute approximate surface area is 169 Å². The summed E-state index contributed by atoms with van der Waals surface area (Å²) in [4.78, 5) is 43.1. The van der Waals surface area contributed by atoms with E-state index in [1.165, 1.54) is 4.90 Å². The number of hydrogen-bond acceptors (Lipinski definition) is 4. The molecule has 3 heterocycles. The molecule has 1 N–H and O–H groups in total. The van der Waals surface area contributed by atoms with Gasteiger partial charge < -0.3 is 9.80 Å². The Balaban J connectivity index is 1.44. The van der Waals surface area contributed by atoms with Crippen molar-refractivity contribution in [2.45, 2.75) is 37.8 Å². The largest absolute Gasteiger partial charge is 0.342 e. The first kappa shape index (κ1) is 19.2. The number of aryl methyl sites for hydroxylation is 1. The van der Waals surface area contributed by atoms with Crippen molar-refractivity contribution in [3.63, 3.8) is 0 Å². The van der Waals surface area contributed by atoms with Crippen LogP contribution in [0.3, 0.4) is 0 Å². The van der Waals surface area contributed by atoms with Gasteiger partial charge in [0.15, 0.2) is 0 Å². The van der Waals surface area contributed by atoms with Crippen molar-refractivity contribution in [1.29, 1.82) is 0 Å². The topological polar surface area (TPSA) is 89.6 Å². The number of nitrogens with zero attached hydrogens (tertiary/aromatic N) is 4. The Morgan fingerprint density at radius 2 is 1.86 bits per heavy atom. The van der Waals surface area contributed by atoms with Gasteiger partial charge in [-0.3, -0.25) is 19.6 Å². The SMILES string of the molecule is CN1C(=O)N(Cc2ccccc2)C2(CCN(C(=O)CCc3cn[nH]c3)CC2)C1=O. The molecule has 4 rings (SSSR count). The van der Waals surface area contributed by atoms with Crippen LogP contribution in [0.4, 0.5) is 4.79 Å². The van der Waals surface area contributed by atoms with Crippen LogP contribution in [0.1, 0.15) is 30.4 Å². The second-order valence-electron chi connectivity index (χ2n) is 7.74. The van der Waals surface area contributed by atoms with Crippen molar-refractivity contribution in [3.05, 3.63) is 53.9 Å². The van der Waals surface area contributed by atoms with Crippen LogP contribution in [0.2, 0.25) is 0 Å². The second kappa shape index (κ2) is 7.69. The third kappa shape index (κ3) is 3.50. The summed E-state index contributed by atoms with van der Waals surface area (Å²) in [5.41, 5.74) is 1.13. The van der Waals surface area contributed by atoms with E-state index in [2.05, 4.69) is 10.2 Å². The van der Waals surface area contributed by atoms with Crippen LogP contribution in [0.5, 0.6) is 0 Å². The molecule has 1 spiro atoms. The van der Waals surface area contributed by atoms with Crippen LogP contribution in [0, 0.1) is 0 Å². The van der Waals surface area contributed by atoms with Gasteiger partial charge in [-0.2, -0.15) is 5.10 Å². The number of rotatable bonds is 5. The standard InChI is InChI=1S/C21H25N5O3/c1-24-19(28)21(26(20(24)29)15-16-5-3-2-4-6-16)9-11-25(12-10-21)18(27)8-7-17-13-22-23-14-17/h2-6,13-14H,7-12,15H2,1H3,(H,22,23). The number of aromatic amines is 1. The Kier molecular flexibility index (Phi) is 5.08. The van der Waals surface area contributed by atoms with E-state index < -0.39 is 5.54 Å². The zero-order valence-corrected chi connectivity index (χ0v) is 16.5. The average molecular weight is 395 g/mol. The summed E-state index contributed by atoms with van der Waals surface area (Å²) in [5.74, 6) is -0.0929. The van der Waals surface area contributed by atoms with Gasteiger partial charge in [0.05, 0.1) is 6.20 Å². The molecule has 2 aliphatic rings. The molecule has 0 bridgehead atoms. The van der Waals surface area contributed by atoms with E-state index in [0.717, 1.165) is 11.1 Å². The van der Waals surface area contributed by atoms with Crippen LogP contribution < -0.4 is 0 Å². The number of aromatic nitrogens is 2. The Hall–Kier alpha value is -3.16. The Morgan fingerprint density at radius 3 is 2.52 bits per heavy atom. The number of carbonyl (C=O) groups excluding carboxylic acids is 3. The zero-order valence-electron chi connectivity index (χ0n) is 16.5. The van der Waals surface area contributed by atoms with Crippen LogP contribution in [-0.2, 0) is 22.6 Å². The lowest BCUT2D eigenvalue weighted by atomic mass is 9.85. The molecule has 4 amide bonds. The number of hydrogen-bond donors (Lipinski definition) is 1. The second-order valence-corrected chi connectivity index (χ2v) is 7.74. The highest BCUT2D eigenvalue weighted by Gasteiger charge is 2.57. The van der Waals surface area contributed by atoms with Crippen molar-refractivity contribution in [2.24, 2.45) is 0 Å². The van der Waals surface area contributed by atoms with Crippen molar-refractivity contribution < 1.29 is 14.4 Å². The maximum absolute atomic E-state index is 13.0. The lowest BCUT2D eigenvalue weighted by Gasteiger charge is -2.42. The summed E-state index contributed by atoms with van der Waals surface area (Å²) in [6, 6.07) is 9.43. The molecule has 0 saturated carbocycles. The molecule has 2 fully saturated rings. The van der Waals surface area contributed by atoms with Gasteiger partial charge in [-0.05, 0) is 30.4 Å². The molecule has 0 atom stereocenters. The fourth-order valence-corrected chi connectivity index (χ4v) is 4.30. The normalized spacial score (nSPS) is 18.7. The summed E-state index contributed by atoms with van der Waals surface area (Å²) >= 11 is 0. The van der Waals surface area contributed by atoms with E-state index in [1.807, 2.05) is 35.2 Å². The number of imide groups is 1. The molecule has 1 aromatic carbocycles. The highest BCUT2D eigenvalue weighted by Crippen LogP contribution is 2.38. The van der Waals surface area contributed by atoms with E-state index >= 15 is 0 Å². The number of H-pyrrole nitrogens is 1. The van der Waals surface area contributed by atoms with Gasteiger partial charge in [-0.1, -0.05) is 30.3 Å². The van der Waals surface area contributed by atoms with E-state index in [4.69, 9.17) is 0 Å². The fourth-order valence-electron chi connectivity index (χ4n) is 4.30. The molecule has 1 aromatic heterocycles. The highest BCUT2D eigenvalue weighted by atomic mass is 16.2. The minimum atomic E-state index is -0.858. The third-order valence-corrected chi connectivity index (χ3v) is 6.05. The molecule has 8 nitrogen and oxygen atoms in total. The number of nitrogens with one attached hydrogen (secondary N) is 1. The van der Waals surface area contributed by atoms with E-state index in [1.54, 1.807) is 24.3 Å². The van der Waals surface area contributed by atoms with Gasteiger partial charge in [0.1, 0.15) is 5.54 Å². The number of benzene rings is 1. The molecule has 2 saturated heterocycles. The Bertz CT molecular complexity index is 888. The van der Waals surface area contributed by atoms with Crippen LogP contribution in [-0.4, -0.2) is 68.4 Å². The summed E-state index contributed by atoms with van der Waals surface area (Å²) in [7, 11) is 1.54. The minimum Gasteiger partial charge on any atom is -0.342 e. The predicted octanol–water partition coefficient (Wildman–Crippen LogP) is 1.80. The van der Waals surface area contributed by atoms with Crippen LogP contribution in [0.25, 0.3) is 0 Å². The van der Waals surface area contributed by atoms with Crippen LogP contribution >= 0.6 is 0 Å². The molecule has 0 radical (unpaired) electrons. The first-order valence-corrected chi connectivity index (χ1v) is 9.90. The lowest BCUT2D eigenvalue weighted by Crippen LogP contribution is -2.57. The molecule has 8 heteroatoms. The zero-order chi connectivity index (χ0) is 20.4. The molecule has 0 unspecified atom stereocenters. The molecular formula is C21H25N5O3. The van der Waals surface area contributed by atoms with Crippen molar-refractivity contribution in [3.8, 4) is 0 Å². The van der Waals surface area contributed by atoms with Gasteiger partial charge in [-0.15, -0.1) is 0 Å². The number of carbonyl (C=O) groups is 3. The summed E-state index contributed by atoms with van der Waals surface area (Å²) in [6.45, 7) is 1.34. The number of likely N-dealkylation sites (N-methyl/N-ethyl adjacent to an activating group) is 1. The molecule has 2 aliphatic heterocycles. The summed E-state index contributed by atoms with van der Waals surface area (Å²) in [6.07, 6.45) is 5.49. The molecule has 2 aromatic rings. The maximum atomic E-state index is 13.0. The number of likely N-dealkylation sites (tertiary alicyclic amines) is 1. The third-order valence-electron chi connectivity index (χ3n) is 6.05. The van der Waals surface area contributed by atoms with Crippen molar-refractivity contribution in [2.75, 3.05) is 20.1 Å². The van der Waals surface area contributed by atoms with E-state index in [0.29, 0.717) is 45.3 Å². The monoisotopic (exact) mass is 395 g/mol. The first-order chi connectivity index (χ1) is 14.0. The smallest absolute Gasteiger partial charge is 0.327 e. The van der Waals surface area contributed by atoms with Crippen LogP contribution in [0.15, 0.2) is 42.7 Å². The molecule has 29 heavy (non-hydrogen) atoms. The van der Waals surface area contributed by atoms with Gasteiger partial charge in [0, 0.05) is 39.3 Å². The van der Waals surface area contributed by atoms with E-state index in [-0.39, 0.29) is 17.8 Å². The van der Waals surface area contributed by atoms with Crippen molar-refractivity contribution >= 4 is 17.8 Å². The lowest BCUT2D eigenvalue weighted by molar-refractivity contribution is -0.140. The van der Waals surface area contributed by atoms with E-state index in [9.17, 15) is 14.4 Å². The molecular weight excluding hydrogens is 370 g/mol. The van der Waals surface area contributed by atoms with Crippen molar-refractivity contribution in [1.82, 2.24) is 24.9 Å². The average Bonchev–Trinajstić information content (AvgIpc) is 3.33. The number of urea groups is 1.